The van der Waals surface area contributed by atoms with Gasteiger partial charge in [-0.1, -0.05) is 12.2 Å². The molecule has 2 bridgehead atoms. The predicted octanol–water partition coefficient (Wildman–Crippen LogP) is 3.10. The summed E-state index contributed by atoms with van der Waals surface area (Å²) in [6, 6.07) is 0. The minimum atomic E-state index is -1.46. The quantitative estimate of drug-likeness (QED) is 0.543. The Hall–Kier alpha value is -0.123. The van der Waals surface area contributed by atoms with Gasteiger partial charge in [-0.3, -0.25) is 0 Å². The van der Waals surface area contributed by atoms with Crippen molar-refractivity contribution in [2.24, 2.45) is 5.92 Å². The van der Waals surface area contributed by atoms with Gasteiger partial charge in [0.05, 0.1) is 16.8 Å². The summed E-state index contributed by atoms with van der Waals surface area (Å²) in [5, 5.41) is 0. The highest BCUT2D eigenvalue weighted by Gasteiger charge is 2.71. The lowest BCUT2D eigenvalue weighted by molar-refractivity contribution is -0.143. The lowest BCUT2D eigenvalue weighted by Gasteiger charge is -2.42. The summed E-state index contributed by atoms with van der Waals surface area (Å²) < 4.78 is 12.7. The van der Waals surface area contributed by atoms with Crippen molar-refractivity contribution in [2.45, 2.75) is 63.1 Å². The molecule has 0 unspecified atom stereocenters. The van der Waals surface area contributed by atoms with Crippen molar-refractivity contribution in [1.82, 2.24) is 0 Å². The van der Waals surface area contributed by atoms with Gasteiger partial charge in [-0.15, -0.1) is 0 Å². The first-order valence-corrected chi connectivity index (χ1v) is 9.68. The van der Waals surface area contributed by atoms with Gasteiger partial charge >= 0.3 is 0 Å². The van der Waals surface area contributed by atoms with Crippen LogP contribution in [0.2, 0.25) is 19.6 Å². The summed E-state index contributed by atoms with van der Waals surface area (Å²) in [6.45, 7) is 11.3. The monoisotopic (exact) mass is 238 g/mol. The van der Waals surface area contributed by atoms with E-state index in [1.165, 1.54) is 6.42 Å². The van der Waals surface area contributed by atoms with Crippen LogP contribution in [0.3, 0.4) is 0 Å². The minimum Gasteiger partial charge on any atom is -0.412 e. The summed E-state index contributed by atoms with van der Waals surface area (Å²) >= 11 is 0. The molecule has 0 amide bonds. The lowest BCUT2D eigenvalue weighted by atomic mass is 9.91. The fourth-order valence-electron chi connectivity index (χ4n) is 3.75. The highest BCUT2D eigenvalue weighted by molar-refractivity contribution is 6.69. The van der Waals surface area contributed by atoms with Gasteiger partial charge in [0, 0.05) is 12.3 Å². The van der Waals surface area contributed by atoms with Gasteiger partial charge in [0.15, 0.2) is 8.32 Å². The van der Waals surface area contributed by atoms with Crippen molar-refractivity contribution < 1.29 is 9.16 Å². The van der Waals surface area contributed by atoms with E-state index in [4.69, 9.17) is 9.16 Å². The first-order valence-electron chi connectivity index (χ1n) is 6.27. The zero-order chi connectivity index (χ0) is 11.8. The largest absolute Gasteiger partial charge is 0.412 e. The van der Waals surface area contributed by atoms with Gasteiger partial charge in [0.25, 0.3) is 0 Å². The molecule has 0 aromatic carbocycles. The summed E-state index contributed by atoms with van der Waals surface area (Å²) in [5.74, 6) is 0.582. The van der Waals surface area contributed by atoms with Crippen LogP contribution in [0.4, 0.5) is 0 Å². The minimum absolute atomic E-state index is 0.0628. The second-order valence-electron chi connectivity index (χ2n) is 7.14. The molecule has 16 heavy (non-hydrogen) atoms. The zero-order valence-electron chi connectivity index (χ0n) is 11.0. The van der Waals surface area contributed by atoms with Crippen LogP contribution in [-0.4, -0.2) is 25.1 Å². The Morgan fingerprint density at radius 1 is 1.25 bits per heavy atom. The first-order chi connectivity index (χ1) is 7.17. The van der Waals surface area contributed by atoms with Crippen molar-refractivity contribution >= 4 is 8.32 Å². The third kappa shape index (κ3) is 1.45. The second kappa shape index (κ2) is 2.65. The fraction of sp³-hybridized carbons (Fsp3) is 0.846. The number of hydrogen-bond donors (Lipinski definition) is 0. The Kier molecular flexibility index (Phi) is 1.82. The normalized spacial score (nSPS) is 53.9. The lowest BCUT2D eigenvalue weighted by Crippen LogP contribution is -2.49. The Bertz CT molecular complexity index is 373. The van der Waals surface area contributed by atoms with Gasteiger partial charge in [-0.2, -0.15) is 0 Å². The molecule has 0 aromatic rings. The maximum atomic E-state index is 6.47. The third-order valence-electron chi connectivity index (χ3n) is 4.10. The standard InChI is InChI=1S/C13H22O2Si/c1-11-6-7-12(2,14-11)10-8-13(10,9-11)15-16(3,4)5/h6-7,10H,8-9H2,1-5H3/t10-,11+,12-,13-/m0/s1. The molecule has 90 valence electrons. The van der Waals surface area contributed by atoms with Gasteiger partial charge < -0.3 is 9.16 Å². The average molecular weight is 238 g/mol. The number of rotatable bonds is 2. The Morgan fingerprint density at radius 2 is 1.94 bits per heavy atom. The predicted molar refractivity (Wildman–Crippen MR) is 66.9 cm³/mol. The molecule has 0 N–H and O–H groups in total. The molecule has 3 aliphatic rings. The smallest absolute Gasteiger partial charge is 0.184 e. The molecule has 2 nitrogen and oxygen atoms in total. The van der Waals surface area contributed by atoms with E-state index in [0.717, 1.165) is 6.42 Å². The van der Waals surface area contributed by atoms with E-state index >= 15 is 0 Å². The molecule has 0 aromatic heterocycles. The van der Waals surface area contributed by atoms with E-state index in [-0.39, 0.29) is 16.8 Å². The highest BCUT2D eigenvalue weighted by atomic mass is 28.4. The van der Waals surface area contributed by atoms with Gasteiger partial charge in [-0.25, -0.2) is 0 Å². The van der Waals surface area contributed by atoms with Crippen LogP contribution in [0.25, 0.3) is 0 Å². The Labute approximate surface area is 99.1 Å². The highest BCUT2D eigenvalue weighted by Crippen LogP contribution is 2.66. The molecule has 2 heterocycles. The number of hydrogen-bond acceptors (Lipinski definition) is 2. The van der Waals surface area contributed by atoms with Crippen molar-refractivity contribution in [3.63, 3.8) is 0 Å². The van der Waals surface area contributed by atoms with Crippen LogP contribution in [0.1, 0.15) is 26.7 Å². The molecule has 2 aliphatic heterocycles. The van der Waals surface area contributed by atoms with E-state index in [0.29, 0.717) is 5.92 Å². The van der Waals surface area contributed by atoms with Crippen molar-refractivity contribution in [2.75, 3.05) is 0 Å². The molecule has 3 rings (SSSR count). The van der Waals surface area contributed by atoms with Crippen LogP contribution in [0.5, 0.6) is 0 Å². The average Bonchev–Trinajstić information content (AvgIpc) is 2.65. The molecule has 3 heteroatoms. The Balaban J connectivity index is 1.89. The maximum absolute atomic E-state index is 6.47. The summed E-state index contributed by atoms with van der Waals surface area (Å²) in [4.78, 5) is 0. The van der Waals surface area contributed by atoms with Crippen LogP contribution >= 0.6 is 0 Å². The number of fused-ring (bicyclic) bond motifs is 4. The SMILES string of the molecule is C[C@]12C=C[C@](C)(O1)[C@@H]1C[C@]1(O[Si](C)(C)C)C2. The van der Waals surface area contributed by atoms with Crippen molar-refractivity contribution in [3.05, 3.63) is 12.2 Å². The summed E-state index contributed by atoms with van der Waals surface area (Å²) in [6.07, 6.45) is 6.74. The summed E-state index contributed by atoms with van der Waals surface area (Å²) in [5.41, 5.74) is -0.0101. The van der Waals surface area contributed by atoms with E-state index in [1.807, 2.05) is 0 Å². The fourth-order valence-corrected chi connectivity index (χ4v) is 5.27. The van der Waals surface area contributed by atoms with Crippen LogP contribution in [0, 0.1) is 5.92 Å². The van der Waals surface area contributed by atoms with Crippen LogP contribution < -0.4 is 0 Å². The zero-order valence-corrected chi connectivity index (χ0v) is 12.0. The van der Waals surface area contributed by atoms with Gasteiger partial charge in [-0.05, 0) is 39.9 Å². The molecule has 4 atom stereocenters. The Morgan fingerprint density at radius 3 is 2.56 bits per heavy atom. The topological polar surface area (TPSA) is 18.5 Å². The molecule has 2 fully saturated rings. The first kappa shape index (κ1) is 11.0. The molecular weight excluding hydrogens is 216 g/mol. The second-order valence-corrected chi connectivity index (χ2v) is 11.6. The van der Waals surface area contributed by atoms with Gasteiger partial charge in [0.2, 0.25) is 0 Å². The molecule has 1 aliphatic carbocycles. The maximum Gasteiger partial charge on any atom is 0.184 e. The van der Waals surface area contributed by atoms with Crippen molar-refractivity contribution in [1.29, 1.82) is 0 Å². The molecule has 0 radical (unpaired) electrons. The van der Waals surface area contributed by atoms with Gasteiger partial charge in [0.1, 0.15) is 0 Å². The molecule has 1 saturated carbocycles. The molecule has 0 spiro atoms. The van der Waals surface area contributed by atoms with Crippen LogP contribution in [-0.2, 0) is 9.16 Å². The van der Waals surface area contributed by atoms with E-state index in [2.05, 4.69) is 45.6 Å². The van der Waals surface area contributed by atoms with E-state index in [9.17, 15) is 0 Å². The van der Waals surface area contributed by atoms with E-state index in [1.54, 1.807) is 0 Å². The molecular formula is C13H22O2Si. The third-order valence-corrected chi connectivity index (χ3v) is 5.11. The van der Waals surface area contributed by atoms with E-state index < -0.39 is 8.32 Å². The van der Waals surface area contributed by atoms with Crippen LogP contribution in [0.15, 0.2) is 12.2 Å². The number of ether oxygens (including phenoxy) is 1. The molecule has 1 saturated heterocycles. The van der Waals surface area contributed by atoms with Crippen molar-refractivity contribution in [3.8, 4) is 0 Å². The summed E-state index contributed by atoms with van der Waals surface area (Å²) in [7, 11) is -1.46.